The zero-order valence-electron chi connectivity index (χ0n) is 35.7. The molecule has 0 fully saturated rings. The Morgan fingerprint density at radius 1 is 0.576 bits per heavy atom. The van der Waals surface area contributed by atoms with E-state index < -0.39 is 12.5 Å². The minimum Gasteiger partial charge on any atom is -0.369 e. The average molecular weight is 907 g/mol. The fraction of sp³-hybridized carbons (Fsp3) is 0.538. The molecule has 0 aromatic heterocycles. The van der Waals surface area contributed by atoms with Crippen LogP contribution in [0.3, 0.4) is 0 Å². The highest BCUT2D eigenvalue weighted by Crippen LogP contribution is 2.57. The number of benzene rings is 6. The number of rotatable bonds is 21. The zero-order chi connectivity index (χ0) is 40.9. The third kappa shape index (κ3) is 6.79. The summed E-state index contributed by atoms with van der Waals surface area (Å²) in [6.07, 6.45) is 18.1. The summed E-state index contributed by atoms with van der Waals surface area (Å²) in [4.78, 5) is 33.1. The van der Waals surface area contributed by atoms with Crippen molar-refractivity contribution in [3.63, 3.8) is 0 Å². The first-order chi connectivity index (χ1) is 28.8. The lowest BCUT2D eigenvalue weighted by molar-refractivity contribution is -0.146. The molecule has 3 atom stereocenters. The molecule has 2 N–H and O–H groups in total. The molecule has 312 valence electrons. The van der Waals surface area contributed by atoms with Gasteiger partial charge in [0.05, 0.1) is 5.92 Å². The monoisotopic (exact) mass is 906 g/mol. The fourth-order valence-electron chi connectivity index (χ4n) is 11.5. The second kappa shape index (κ2) is 17.2. The topological polar surface area (TPSA) is 81.1 Å². The number of amides is 2. The predicted octanol–water partition coefficient (Wildman–Crippen LogP) is 13.1. The van der Waals surface area contributed by atoms with Crippen molar-refractivity contribution >= 4 is 88.3 Å². The van der Waals surface area contributed by atoms with E-state index in [9.17, 15) is 19.8 Å². The number of carbonyl (C=O) groups excluding carboxylic acids is 2. The first-order valence-electron chi connectivity index (χ1n) is 23.4. The maximum absolute atomic E-state index is 14.8. The molecular weight excluding hydrogens is 843 g/mol. The van der Waals surface area contributed by atoms with Gasteiger partial charge in [0.2, 0.25) is 5.91 Å². The van der Waals surface area contributed by atoms with E-state index in [0.29, 0.717) is 25.1 Å². The first-order valence-corrected chi connectivity index (χ1v) is 24.9. The van der Waals surface area contributed by atoms with E-state index in [1.54, 1.807) is 9.80 Å². The van der Waals surface area contributed by atoms with Crippen molar-refractivity contribution in [1.29, 1.82) is 0 Å². The summed E-state index contributed by atoms with van der Waals surface area (Å²) >= 11 is 2.47. The molecule has 9 rings (SSSR count). The lowest BCUT2D eigenvalue weighted by Crippen LogP contribution is -2.44. The van der Waals surface area contributed by atoms with E-state index in [1.807, 2.05) is 0 Å². The van der Waals surface area contributed by atoms with Crippen molar-refractivity contribution in [2.45, 2.75) is 161 Å². The largest absolute Gasteiger partial charge is 0.369 e. The van der Waals surface area contributed by atoms with Crippen molar-refractivity contribution in [1.82, 2.24) is 9.80 Å². The van der Waals surface area contributed by atoms with Crippen LogP contribution in [0.4, 0.5) is 0 Å². The molecule has 0 saturated heterocycles. The Kier molecular flexibility index (Phi) is 12.0. The van der Waals surface area contributed by atoms with Gasteiger partial charge >= 0.3 is 0 Å². The fourth-order valence-corrected chi connectivity index (χ4v) is 12.1. The normalized spacial score (nSPS) is 18.8. The Morgan fingerprint density at radius 2 is 1.17 bits per heavy atom. The second-order valence-electron chi connectivity index (χ2n) is 18.3. The SMILES string of the molecule is CCCCCCc1cc2cc3c4c(cc5c(CCCCCCI)cc6c7c8c9c(cc1c8c2c4c57)[C@H](O)N(CCCCCC)C(=O)[C@@H]9C6)C(=O)N(CCCCCC)C3O. The Bertz CT molecular complexity index is 2530. The number of nitrogens with zero attached hydrogens (tertiary/aromatic N) is 2. The summed E-state index contributed by atoms with van der Waals surface area (Å²) in [5.74, 6) is -0.358. The molecule has 59 heavy (non-hydrogen) atoms. The van der Waals surface area contributed by atoms with Gasteiger partial charge < -0.3 is 20.0 Å². The number of hydrogen-bond donors (Lipinski definition) is 2. The summed E-state index contributed by atoms with van der Waals surface area (Å²) in [6, 6.07) is 11.4. The van der Waals surface area contributed by atoms with Crippen molar-refractivity contribution < 1.29 is 19.8 Å². The van der Waals surface area contributed by atoms with Crippen LogP contribution in [0.25, 0.3) is 53.9 Å². The van der Waals surface area contributed by atoms with Gasteiger partial charge in [0.15, 0.2) is 12.5 Å². The van der Waals surface area contributed by atoms with Gasteiger partial charge in [0.25, 0.3) is 5.91 Å². The minimum absolute atomic E-state index is 0.0546. The third-order valence-corrected chi connectivity index (χ3v) is 15.2. The van der Waals surface area contributed by atoms with Crippen molar-refractivity contribution in [3.8, 4) is 0 Å². The van der Waals surface area contributed by atoms with Crippen LogP contribution >= 0.6 is 22.6 Å². The zero-order valence-corrected chi connectivity index (χ0v) is 37.8. The molecule has 0 radical (unpaired) electrons. The number of aliphatic hydroxyl groups is 2. The highest BCUT2D eigenvalue weighted by Gasteiger charge is 2.44. The highest BCUT2D eigenvalue weighted by atomic mass is 127. The van der Waals surface area contributed by atoms with E-state index in [-0.39, 0.29) is 17.7 Å². The molecular formula is C52H63IN2O4. The van der Waals surface area contributed by atoms with Crippen LogP contribution in [0.15, 0.2) is 30.3 Å². The van der Waals surface area contributed by atoms with Crippen molar-refractivity contribution in [2.24, 2.45) is 0 Å². The molecule has 0 saturated carbocycles. The van der Waals surface area contributed by atoms with Gasteiger partial charge in [0, 0.05) is 35.2 Å². The number of aliphatic hydroxyl groups excluding tert-OH is 2. The standard InChI is InChI=1S/C52H63IN2O4/c1-4-7-10-15-20-31-25-33-27-37-44-40(52(59)55(49(37)56)24-19-12-9-6-3)30-36-32(21-16-13-14-17-22-53)26-34-28-38-43-39(51(58)54(50(38)57)23-18-11-8-5-2)29-35(31)45-41(33)48(44)46(36)42(34)47(43)45/h25-27,29-30,38,49,51,56,58H,4-24,28H2,1-3H3/t38-,49?,51+/m1/s1. The number of carbonyl (C=O) groups is 2. The number of hydrogen-bond acceptors (Lipinski definition) is 4. The summed E-state index contributed by atoms with van der Waals surface area (Å²) in [5, 5.41) is 35.9. The van der Waals surface area contributed by atoms with Gasteiger partial charge in [-0.25, -0.2) is 0 Å². The molecule has 0 bridgehead atoms. The van der Waals surface area contributed by atoms with E-state index in [4.69, 9.17) is 0 Å². The van der Waals surface area contributed by atoms with Crippen LogP contribution in [0.5, 0.6) is 0 Å². The third-order valence-electron chi connectivity index (χ3n) is 14.4. The molecule has 6 aromatic rings. The van der Waals surface area contributed by atoms with Gasteiger partial charge in [-0.1, -0.05) is 126 Å². The lowest BCUT2D eigenvalue weighted by Gasteiger charge is -2.42. The molecule has 6 aromatic carbocycles. The Balaban J connectivity index is 1.35. The van der Waals surface area contributed by atoms with Gasteiger partial charge in [-0.15, -0.1) is 0 Å². The summed E-state index contributed by atoms with van der Waals surface area (Å²) in [6.45, 7) is 7.76. The highest BCUT2D eigenvalue weighted by molar-refractivity contribution is 14.1. The van der Waals surface area contributed by atoms with Crippen LogP contribution in [0.2, 0.25) is 0 Å². The van der Waals surface area contributed by atoms with Gasteiger partial charge in [-0.3, -0.25) is 9.59 Å². The average Bonchev–Trinajstić information content (AvgIpc) is 3.24. The quantitative estimate of drug-likeness (QED) is 0.0248. The molecule has 2 aliphatic heterocycles. The van der Waals surface area contributed by atoms with Crippen molar-refractivity contribution in [3.05, 3.63) is 69.3 Å². The Labute approximate surface area is 363 Å². The van der Waals surface area contributed by atoms with Crippen LogP contribution in [0, 0.1) is 0 Å². The van der Waals surface area contributed by atoms with E-state index in [1.165, 1.54) is 68.3 Å². The van der Waals surface area contributed by atoms with E-state index in [2.05, 4.69) is 73.7 Å². The van der Waals surface area contributed by atoms with E-state index in [0.717, 1.165) is 139 Å². The van der Waals surface area contributed by atoms with Crippen molar-refractivity contribution in [2.75, 3.05) is 17.5 Å². The molecule has 2 amide bonds. The minimum atomic E-state index is -1.01. The van der Waals surface area contributed by atoms with Gasteiger partial charge in [0.1, 0.15) is 0 Å². The molecule has 1 unspecified atom stereocenters. The smallest absolute Gasteiger partial charge is 0.256 e. The Morgan fingerprint density at radius 3 is 1.86 bits per heavy atom. The maximum Gasteiger partial charge on any atom is 0.256 e. The molecule has 1 aliphatic carbocycles. The van der Waals surface area contributed by atoms with Crippen LogP contribution in [-0.2, 0) is 24.1 Å². The van der Waals surface area contributed by atoms with Gasteiger partial charge in [-0.2, -0.15) is 0 Å². The molecule has 0 spiro atoms. The van der Waals surface area contributed by atoms with Crippen LogP contribution in [0.1, 0.15) is 186 Å². The van der Waals surface area contributed by atoms with E-state index >= 15 is 0 Å². The first kappa shape index (κ1) is 41.1. The summed E-state index contributed by atoms with van der Waals surface area (Å²) in [5.41, 5.74) is 7.24. The summed E-state index contributed by atoms with van der Waals surface area (Å²) < 4.78 is 1.17. The van der Waals surface area contributed by atoms with Crippen LogP contribution in [-0.4, -0.2) is 49.3 Å². The molecule has 2 heterocycles. The molecule has 7 heteroatoms. The molecule has 6 nitrogen and oxygen atoms in total. The second-order valence-corrected chi connectivity index (χ2v) is 19.3. The summed E-state index contributed by atoms with van der Waals surface area (Å²) in [7, 11) is 0. The van der Waals surface area contributed by atoms with Gasteiger partial charge in [-0.05, 0) is 145 Å². The van der Waals surface area contributed by atoms with Crippen LogP contribution < -0.4 is 0 Å². The number of aryl methyl sites for hydroxylation is 2. The maximum atomic E-state index is 14.8. The Hall–Kier alpha value is -3.27. The lowest BCUT2D eigenvalue weighted by atomic mass is 9.69. The number of alkyl halides is 1. The number of halogens is 1. The molecule has 3 aliphatic rings. The number of unbranched alkanes of at least 4 members (excludes halogenated alkanes) is 12. The predicted molar refractivity (Wildman–Crippen MR) is 253 cm³/mol.